The van der Waals surface area contributed by atoms with Crippen LogP contribution in [0.1, 0.15) is 47.2 Å². The van der Waals surface area contributed by atoms with Gasteiger partial charge in [-0.15, -0.1) is 0 Å². The number of fused-ring (bicyclic) bond motifs is 1. The zero-order valence-corrected chi connectivity index (χ0v) is 19.5. The summed E-state index contributed by atoms with van der Waals surface area (Å²) in [5.74, 6) is -0.302. The number of methoxy groups -OCH3 is 1. The number of ether oxygens (including phenoxy) is 1. The van der Waals surface area contributed by atoms with Crippen LogP contribution in [0, 0.1) is 5.82 Å². The van der Waals surface area contributed by atoms with Crippen LogP contribution in [-0.2, 0) is 13.1 Å². The molecule has 0 fully saturated rings. The summed E-state index contributed by atoms with van der Waals surface area (Å²) < 4.78 is 19.2. The molecule has 178 valence electrons. The Hall–Kier alpha value is -3.38. The molecule has 3 aromatic rings. The topological polar surface area (TPSA) is 53.0 Å². The molecule has 0 radical (unpaired) electrons. The maximum atomic E-state index is 13.9. The van der Waals surface area contributed by atoms with Gasteiger partial charge in [0.25, 0.3) is 5.91 Å². The Kier molecular flexibility index (Phi) is 7.80. The number of aromatic hydroxyl groups is 1. The van der Waals surface area contributed by atoms with Crippen molar-refractivity contribution in [1.82, 2.24) is 4.90 Å². The number of anilines is 1. The van der Waals surface area contributed by atoms with Gasteiger partial charge >= 0.3 is 0 Å². The molecule has 3 aromatic carbocycles. The Morgan fingerprint density at radius 3 is 2.56 bits per heavy atom. The molecule has 34 heavy (non-hydrogen) atoms. The Labute approximate surface area is 200 Å². The molecule has 0 atom stereocenters. The number of hydrogen-bond acceptors (Lipinski definition) is 4. The van der Waals surface area contributed by atoms with Crippen molar-refractivity contribution in [2.24, 2.45) is 0 Å². The summed E-state index contributed by atoms with van der Waals surface area (Å²) in [6.07, 6.45) is 3.98. The molecule has 0 spiro atoms. The van der Waals surface area contributed by atoms with Crippen LogP contribution in [0.5, 0.6) is 11.5 Å². The van der Waals surface area contributed by atoms with Crippen LogP contribution in [0.2, 0.25) is 0 Å². The number of carbonyl (C=O) groups is 1. The molecule has 0 aliphatic carbocycles. The summed E-state index contributed by atoms with van der Waals surface area (Å²) in [6.45, 7) is 2.49. The number of benzene rings is 3. The van der Waals surface area contributed by atoms with Crippen molar-refractivity contribution in [1.29, 1.82) is 0 Å². The number of amides is 1. The second kappa shape index (κ2) is 11.2. The first-order chi connectivity index (χ1) is 16.6. The first-order valence-corrected chi connectivity index (χ1v) is 11.8. The average Bonchev–Trinajstić information content (AvgIpc) is 2.90. The first-order valence-electron chi connectivity index (χ1n) is 11.8. The maximum Gasteiger partial charge on any atom is 0.258 e. The summed E-state index contributed by atoms with van der Waals surface area (Å²) in [6, 6.07) is 19.9. The van der Waals surface area contributed by atoms with Gasteiger partial charge in [-0.1, -0.05) is 49.2 Å². The zero-order chi connectivity index (χ0) is 23.9. The normalized spacial score (nSPS) is 15.3. The fourth-order valence-corrected chi connectivity index (χ4v) is 4.49. The molecular formula is C28H31FN2O3. The van der Waals surface area contributed by atoms with Crippen molar-refractivity contribution in [3.63, 3.8) is 0 Å². The lowest BCUT2D eigenvalue weighted by Gasteiger charge is -2.28. The standard InChI is InChI=1S/C28H31FN2O3/c1-34-24-13-8-11-21(18-24)28(33)31-17-7-3-2-6-16-30(19-22-10-4-5-15-26(22)31)20-23-12-9-14-25(29)27(23)32/h4-5,8-15,18,32H,2-3,6-7,16-17,19-20H2,1H3. The van der Waals surface area contributed by atoms with Gasteiger partial charge in [0.05, 0.1) is 7.11 Å². The van der Waals surface area contributed by atoms with Crippen molar-refractivity contribution in [3.05, 3.63) is 89.2 Å². The fourth-order valence-electron chi connectivity index (χ4n) is 4.49. The summed E-state index contributed by atoms with van der Waals surface area (Å²) in [4.78, 5) is 17.7. The number of para-hydroxylation sites is 2. The minimum atomic E-state index is -0.606. The molecule has 0 saturated heterocycles. The van der Waals surface area contributed by atoms with Crippen LogP contribution >= 0.6 is 0 Å². The number of halogens is 1. The third-order valence-electron chi connectivity index (χ3n) is 6.31. The van der Waals surface area contributed by atoms with Gasteiger partial charge < -0.3 is 14.7 Å². The Morgan fingerprint density at radius 2 is 1.74 bits per heavy atom. The molecule has 1 amide bonds. The number of hydrogen-bond donors (Lipinski definition) is 1. The summed E-state index contributed by atoms with van der Waals surface area (Å²) >= 11 is 0. The Balaban J connectivity index is 1.66. The van der Waals surface area contributed by atoms with E-state index in [4.69, 9.17) is 4.74 Å². The van der Waals surface area contributed by atoms with Crippen molar-refractivity contribution in [2.45, 2.75) is 38.8 Å². The van der Waals surface area contributed by atoms with E-state index in [1.54, 1.807) is 25.3 Å². The number of phenolic OH excluding ortho intramolecular Hbond substituents is 1. The van der Waals surface area contributed by atoms with Crippen molar-refractivity contribution in [3.8, 4) is 11.5 Å². The highest BCUT2D eigenvalue weighted by molar-refractivity contribution is 6.06. The lowest BCUT2D eigenvalue weighted by atomic mass is 10.1. The lowest BCUT2D eigenvalue weighted by molar-refractivity contribution is 0.0986. The fraction of sp³-hybridized carbons (Fsp3) is 0.321. The molecule has 6 heteroatoms. The SMILES string of the molecule is COc1cccc(C(=O)N2CCCCCCN(Cc3cccc(F)c3O)Cc3ccccc32)c1. The van der Waals surface area contributed by atoms with Crippen molar-refractivity contribution >= 4 is 11.6 Å². The molecule has 1 aliphatic heterocycles. The quantitative estimate of drug-likeness (QED) is 0.535. The molecule has 0 aromatic heterocycles. The predicted octanol–water partition coefficient (Wildman–Crippen LogP) is 5.76. The molecule has 1 N–H and O–H groups in total. The van der Waals surface area contributed by atoms with E-state index in [0.717, 1.165) is 43.5 Å². The largest absolute Gasteiger partial charge is 0.505 e. The summed E-state index contributed by atoms with van der Waals surface area (Å²) in [5, 5.41) is 10.2. The predicted molar refractivity (Wildman–Crippen MR) is 132 cm³/mol. The van der Waals surface area contributed by atoms with Gasteiger partial charge in [0.1, 0.15) is 5.75 Å². The highest BCUT2D eigenvalue weighted by Gasteiger charge is 2.22. The van der Waals surface area contributed by atoms with E-state index >= 15 is 0 Å². The monoisotopic (exact) mass is 462 g/mol. The van der Waals surface area contributed by atoms with Gasteiger partial charge in [0.15, 0.2) is 11.6 Å². The highest BCUT2D eigenvalue weighted by Crippen LogP contribution is 2.29. The number of nitrogens with zero attached hydrogens (tertiary/aromatic N) is 2. The lowest BCUT2D eigenvalue weighted by Crippen LogP contribution is -2.33. The van der Waals surface area contributed by atoms with Gasteiger partial charge in [-0.2, -0.15) is 0 Å². The zero-order valence-electron chi connectivity index (χ0n) is 19.5. The number of phenols is 1. The smallest absolute Gasteiger partial charge is 0.258 e. The van der Waals surface area contributed by atoms with Gasteiger partial charge in [-0.25, -0.2) is 4.39 Å². The van der Waals surface area contributed by atoms with Crippen LogP contribution in [0.3, 0.4) is 0 Å². The van der Waals surface area contributed by atoms with Gasteiger partial charge in [-0.3, -0.25) is 9.69 Å². The molecule has 1 heterocycles. The van der Waals surface area contributed by atoms with E-state index in [0.29, 0.717) is 36.5 Å². The van der Waals surface area contributed by atoms with E-state index < -0.39 is 5.82 Å². The molecule has 4 rings (SSSR count). The third kappa shape index (κ3) is 5.57. The van der Waals surface area contributed by atoms with Crippen molar-refractivity contribution < 1.29 is 19.0 Å². The minimum Gasteiger partial charge on any atom is -0.505 e. The second-order valence-corrected chi connectivity index (χ2v) is 8.69. The molecule has 1 aliphatic rings. The van der Waals surface area contributed by atoms with Gasteiger partial charge in [-0.05, 0) is 55.3 Å². The minimum absolute atomic E-state index is 0.0556. The molecule has 5 nitrogen and oxygen atoms in total. The van der Waals surface area contributed by atoms with Crippen molar-refractivity contribution in [2.75, 3.05) is 25.1 Å². The van der Waals surface area contributed by atoms with Gasteiger partial charge in [0.2, 0.25) is 0 Å². The van der Waals surface area contributed by atoms with Crippen LogP contribution in [0.25, 0.3) is 0 Å². The van der Waals surface area contributed by atoms with E-state index in [9.17, 15) is 14.3 Å². The summed E-state index contributed by atoms with van der Waals surface area (Å²) in [7, 11) is 1.59. The second-order valence-electron chi connectivity index (χ2n) is 8.69. The van der Waals surface area contributed by atoms with Crippen LogP contribution in [-0.4, -0.2) is 36.1 Å². The maximum absolute atomic E-state index is 13.9. The Morgan fingerprint density at radius 1 is 0.971 bits per heavy atom. The number of carbonyl (C=O) groups excluding carboxylic acids is 1. The van der Waals surface area contributed by atoms with E-state index in [1.807, 2.05) is 47.4 Å². The highest BCUT2D eigenvalue weighted by atomic mass is 19.1. The van der Waals surface area contributed by atoms with Crippen LogP contribution in [0.4, 0.5) is 10.1 Å². The van der Waals surface area contributed by atoms with E-state index in [2.05, 4.69) is 4.90 Å². The number of rotatable bonds is 4. The average molecular weight is 463 g/mol. The first kappa shape index (κ1) is 23.8. The van der Waals surface area contributed by atoms with Crippen LogP contribution < -0.4 is 9.64 Å². The van der Waals surface area contributed by atoms with Gasteiger partial charge in [0, 0.05) is 36.4 Å². The molecule has 0 unspecified atom stereocenters. The van der Waals surface area contributed by atoms with E-state index in [-0.39, 0.29) is 11.7 Å². The molecule has 0 bridgehead atoms. The Bertz CT molecular complexity index is 1130. The summed E-state index contributed by atoms with van der Waals surface area (Å²) in [5.41, 5.74) is 3.06. The third-order valence-corrected chi connectivity index (χ3v) is 6.31. The molecular weight excluding hydrogens is 431 g/mol. The molecule has 0 saturated carbocycles. The van der Waals surface area contributed by atoms with Crippen LogP contribution in [0.15, 0.2) is 66.7 Å². The van der Waals surface area contributed by atoms with E-state index in [1.165, 1.54) is 6.07 Å².